The Labute approximate surface area is 146 Å². The minimum atomic E-state index is -0.193. The van der Waals surface area contributed by atoms with Crippen molar-refractivity contribution in [3.63, 3.8) is 0 Å². The summed E-state index contributed by atoms with van der Waals surface area (Å²) in [7, 11) is 4.69. The first kappa shape index (κ1) is 16.8. The standard InChI is InChI=1S/C19H20N2O4/c1-23-15-9-13(10-16(24-2)19(15)25-3)14-11-20-21-17(14)18(22)12-7-5-4-6-8-12/h4-10,14,20H,11H2,1-3H3. The van der Waals surface area contributed by atoms with Gasteiger partial charge in [-0.3, -0.25) is 4.79 Å². The first-order chi connectivity index (χ1) is 12.2. The lowest BCUT2D eigenvalue weighted by Gasteiger charge is -2.17. The van der Waals surface area contributed by atoms with E-state index in [0.29, 0.717) is 35.1 Å². The second-order valence-electron chi connectivity index (χ2n) is 5.57. The summed E-state index contributed by atoms with van der Waals surface area (Å²) in [5.74, 6) is 1.34. The minimum absolute atomic E-state index is 0.0932. The number of methoxy groups -OCH3 is 3. The summed E-state index contributed by atoms with van der Waals surface area (Å²) in [5.41, 5.74) is 4.89. The van der Waals surface area contributed by atoms with Crippen LogP contribution < -0.4 is 19.6 Å². The Morgan fingerprint density at radius 1 is 1.04 bits per heavy atom. The zero-order valence-corrected chi connectivity index (χ0v) is 14.4. The molecule has 1 aliphatic heterocycles. The van der Waals surface area contributed by atoms with Crippen molar-refractivity contribution in [3.05, 3.63) is 53.6 Å². The molecule has 25 heavy (non-hydrogen) atoms. The summed E-state index contributed by atoms with van der Waals surface area (Å²) in [6, 6.07) is 12.8. The van der Waals surface area contributed by atoms with Gasteiger partial charge < -0.3 is 19.6 Å². The molecule has 0 amide bonds. The number of benzene rings is 2. The third-order valence-electron chi connectivity index (χ3n) is 4.18. The van der Waals surface area contributed by atoms with Crippen LogP contribution >= 0.6 is 0 Å². The monoisotopic (exact) mass is 340 g/mol. The Balaban J connectivity index is 1.99. The van der Waals surface area contributed by atoms with Crippen LogP contribution in [0.5, 0.6) is 17.2 Å². The van der Waals surface area contributed by atoms with Crippen LogP contribution in [0.4, 0.5) is 0 Å². The molecule has 6 heteroatoms. The number of ketones is 1. The molecular weight excluding hydrogens is 320 g/mol. The molecule has 0 saturated heterocycles. The number of carbonyl (C=O) groups is 1. The predicted molar refractivity (Wildman–Crippen MR) is 95.0 cm³/mol. The third-order valence-corrected chi connectivity index (χ3v) is 4.18. The van der Waals surface area contributed by atoms with Crippen molar-refractivity contribution in [3.8, 4) is 17.2 Å². The van der Waals surface area contributed by atoms with Crippen LogP contribution in [0.3, 0.4) is 0 Å². The van der Waals surface area contributed by atoms with Gasteiger partial charge in [0.05, 0.1) is 27.2 Å². The fraction of sp³-hybridized carbons (Fsp3) is 0.263. The summed E-state index contributed by atoms with van der Waals surface area (Å²) in [6.45, 7) is 0.534. The van der Waals surface area contributed by atoms with Crippen LogP contribution in [0.1, 0.15) is 21.8 Å². The number of hydrazone groups is 1. The summed E-state index contributed by atoms with van der Waals surface area (Å²) in [4.78, 5) is 12.8. The maximum Gasteiger partial charge on any atom is 0.209 e. The van der Waals surface area contributed by atoms with E-state index in [1.807, 2.05) is 30.3 Å². The number of hydrogen-bond donors (Lipinski definition) is 1. The molecule has 130 valence electrons. The number of rotatable bonds is 6. The Bertz CT molecular complexity index is 777. The fourth-order valence-electron chi connectivity index (χ4n) is 2.92. The van der Waals surface area contributed by atoms with E-state index in [1.54, 1.807) is 33.5 Å². The number of Topliss-reactive ketones (excluding diaryl/α,β-unsaturated/α-hetero) is 1. The average Bonchev–Trinajstić information content (AvgIpc) is 3.16. The van der Waals surface area contributed by atoms with Gasteiger partial charge in [-0.25, -0.2) is 0 Å². The molecule has 1 unspecified atom stereocenters. The molecule has 2 aromatic carbocycles. The number of hydrogen-bond acceptors (Lipinski definition) is 6. The molecule has 0 fully saturated rings. The quantitative estimate of drug-likeness (QED) is 0.819. The van der Waals surface area contributed by atoms with E-state index in [9.17, 15) is 4.79 Å². The summed E-state index contributed by atoms with van der Waals surface area (Å²) in [6.07, 6.45) is 0. The van der Waals surface area contributed by atoms with Gasteiger partial charge in [-0.15, -0.1) is 0 Å². The molecular formula is C19H20N2O4. The fourth-order valence-corrected chi connectivity index (χ4v) is 2.92. The van der Waals surface area contributed by atoms with Gasteiger partial charge >= 0.3 is 0 Å². The summed E-state index contributed by atoms with van der Waals surface area (Å²) >= 11 is 0. The number of nitrogens with zero attached hydrogens (tertiary/aromatic N) is 1. The van der Waals surface area contributed by atoms with Crippen LogP contribution in [0.15, 0.2) is 47.6 Å². The molecule has 0 bridgehead atoms. The van der Waals surface area contributed by atoms with Gasteiger partial charge in [0.15, 0.2) is 11.5 Å². The van der Waals surface area contributed by atoms with Crippen molar-refractivity contribution in [2.45, 2.75) is 5.92 Å². The van der Waals surface area contributed by atoms with Crippen molar-refractivity contribution in [2.75, 3.05) is 27.9 Å². The highest BCUT2D eigenvalue weighted by Gasteiger charge is 2.31. The Hall–Kier alpha value is -3.02. The van der Waals surface area contributed by atoms with Crippen LogP contribution in [-0.4, -0.2) is 39.4 Å². The Kier molecular flexibility index (Phi) is 4.88. The lowest BCUT2D eigenvalue weighted by atomic mass is 9.90. The molecule has 1 N–H and O–H groups in total. The van der Waals surface area contributed by atoms with E-state index in [1.165, 1.54) is 0 Å². The van der Waals surface area contributed by atoms with Gasteiger partial charge in [-0.05, 0) is 17.7 Å². The SMILES string of the molecule is COc1cc(C2CNN=C2C(=O)c2ccccc2)cc(OC)c1OC. The predicted octanol–water partition coefficient (Wildman–Crippen LogP) is 2.64. The second kappa shape index (κ2) is 7.25. The topological polar surface area (TPSA) is 69.2 Å². The maximum atomic E-state index is 12.8. The zero-order valence-electron chi connectivity index (χ0n) is 14.4. The van der Waals surface area contributed by atoms with Crippen molar-refractivity contribution >= 4 is 11.5 Å². The molecule has 3 rings (SSSR count). The van der Waals surface area contributed by atoms with Gasteiger partial charge in [0.2, 0.25) is 11.5 Å². The van der Waals surface area contributed by atoms with Crippen molar-refractivity contribution < 1.29 is 19.0 Å². The van der Waals surface area contributed by atoms with E-state index in [4.69, 9.17) is 14.2 Å². The van der Waals surface area contributed by atoms with E-state index >= 15 is 0 Å². The highest BCUT2D eigenvalue weighted by Crippen LogP contribution is 2.40. The smallest absolute Gasteiger partial charge is 0.209 e. The molecule has 0 aliphatic carbocycles. The molecule has 0 saturated carbocycles. The van der Waals surface area contributed by atoms with Gasteiger partial charge in [-0.2, -0.15) is 5.10 Å². The molecule has 0 spiro atoms. The Morgan fingerprint density at radius 3 is 2.24 bits per heavy atom. The highest BCUT2D eigenvalue weighted by atomic mass is 16.5. The summed E-state index contributed by atoms with van der Waals surface area (Å²) in [5, 5.41) is 4.23. The molecule has 6 nitrogen and oxygen atoms in total. The van der Waals surface area contributed by atoms with Gasteiger partial charge in [-0.1, -0.05) is 30.3 Å². The van der Waals surface area contributed by atoms with Gasteiger partial charge in [0.1, 0.15) is 5.71 Å². The average molecular weight is 340 g/mol. The van der Waals surface area contributed by atoms with E-state index in [-0.39, 0.29) is 11.7 Å². The first-order valence-electron chi connectivity index (χ1n) is 7.89. The second-order valence-corrected chi connectivity index (χ2v) is 5.57. The third kappa shape index (κ3) is 3.15. The maximum absolute atomic E-state index is 12.8. The molecule has 1 aliphatic rings. The zero-order chi connectivity index (χ0) is 17.8. The first-order valence-corrected chi connectivity index (χ1v) is 7.89. The normalized spacial score (nSPS) is 16.0. The van der Waals surface area contributed by atoms with Crippen molar-refractivity contribution in [1.82, 2.24) is 5.43 Å². The van der Waals surface area contributed by atoms with Gasteiger partial charge in [0, 0.05) is 12.1 Å². The minimum Gasteiger partial charge on any atom is -0.493 e. The molecule has 2 aromatic rings. The van der Waals surface area contributed by atoms with E-state index in [0.717, 1.165) is 5.56 Å². The molecule has 0 aromatic heterocycles. The van der Waals surface area contributed by atoms with E-state index < -0.39 is 0 Å². The van der Waals surface area contributed by atoms with Gasteiger partial charge in [0.25, 0.3) is 0 Å². The van der Waals surface area contributed by atoms with Crippen LogP contribution in [0, 0.1) is 0 Å². The highest BCUT2D eigenvalue weighted by molar-refractivity contribution is 6.48. The van der Waals surface area contributed by atoms with Crippen LogP contribution in [-0.2, 0) is 0 Å². The summed E-state index contributed by atoms with van der Waals surface area (Å²) < 4.78 is 16.2. The van der Waals surface area contributed by atoms with E-state index in [2.05, 4.69) is 10.5 Å². The molecule has 1 atom stereocenters. The lowest BCUT2D eigenvalue weighted by molar-refractivity contribution is 0.106. The molecule has 1 heterocycles. The largest absolute Gasteiger partial charge is 0.493 e. The number of ether oxygens (including phenoxy) is 3. The van der Waals surface area contributed by atoms with Crippen molar-refractivity contribution in [2.24, 2.45) is 5.10 Å². The Morgan fingerprint density at radius 2 is 1.68 bits per heavy atom. The van der Waals surface area contributed by atoms with Crippen LogP contribution in [0.25, 0.3) is 0 Å². The van der Waals surface area contributed by atoms with Crippen molar-refractivity contribution in [1.29, 1.82) is 0 Å². The number of carbonyl (C=O) groups excluding carboxylic acids is 1. The van der Waals surface area contributed by atoms with Crippen LogP contribution in [0.2, 0.25) is 0 Å². The number of nitrogens with one attached hydrogen (secondary N) is 1. The molecule has 0 radical (unpaired) electrons. The lowest BCUT2D eigenvalue weighted by Crippen LogP contribution is -2.21.